The van der Waals surface area contributed by atoms with Crippen LogP contribution in [0.3, 0.4) is 0 Å². The first-order chi connectivity index (χ1) is 8.70. The van der Waals surface area contributed by atoms with Crippen molar-refractivity contribution in [3.8, 4) is 0 Å². The molecule has 1 heterocycles. The monoisotopic (exact) mass is 267 g/mol. The van der Waals surface area contributed by atoms with Crippen molar-refractivity contribution in [1.82, 2.24) is 9.97 Å². The number of carbonyl (C=O) groups is 1. The van der Waals surface area contributed by atoms with Gasteiger partial charge >= 0.3 is 5.97 Å². The molecule has 0 saturated heterocycles. The summed E-state index contributed by atoms with van der Waals surface area (Å²) in [4.78, 5) is 19.8. The van der Waals surface area contributed by atoms with Crippen LogP contribution in [0.5, 0.6) is 0 Å². The predicted octanol–water partition coefficient (Wildman–Crippen LogP) is 2.13. The molecule has 1 aliphatic carbocycles. The average Bonchev–Trinajstić information content (AvgIpc) is 3.13. The molecule has 2 rings (SSSR count). The van der Waals surface area contributed by atoms with Crippen molar-refractivity contribution < 1.29 is 9.53 Å². The largest absolute Gasteiger partial charge is 0.462 e. The number of hydrogen-bond acceptors (Lipinski definition) is 6. The highest BCUT2D eigenvalue weighted by atomic mass is 32.2. The summed E-state index contributed by atoms with van der Waals surface area (Å²) < 4.78 is 4.86. The van der Waals surface area contributed by atoms with E-state index in [9.17, 15) is 4.79 Å². The van der Waals surface area contributed by atoms with Gasteiger partial charge in [0.1, 0.15) is 11.4 Å². The zero-order chi connectivity index (χ0) is 13.0. The Bertz CT molecular complexity index is 435. The number of carbonyl (C=O) groups excluding carboxylic acids is 1. The van der Waals surface area contributed by atoms with Gasteiger partial charge in [0, 0.05) is 11.9 Å². The second-order valence-electron chi connectivity index (χ2n) is 4.25. The number of anilines is 1. The van der Waals surface area contributed by atoms with E-state index in [0.29, 0.717) is 11.8 Å². The van der Waals surface area contributed by atoms with Crippen LogP contribution in [-0.4, -0.2) is 28.3 Å². The van der Waals surface area contributed by atoms with Crippen molar-refractivity contribution in [1.29, 1.82) is 0 Å². The average molecular weight is 267 g/mol. The summed E-state index contributed by atoms with van der Waals surface area (Å²) in [5.41, 5.74) is 5.97. The van der Waals surface area contributed by atoms with Crippen LogP contribution >= 0.6 is 11.8 Å². The smallest absolute Gasteiger partial charge is 0.343 e. The summed E-state index contributed by atoms with van der Waals surface area (Å²) in [6.07, 6.45) is 5.35. The Morgan fingerprint density at radius 1 is 1.61 bits per heavy atom. The number of nitrogens with two attached hydrogens (primary N) is 1. The van der Waals surface area contributed by atoms with Gasteiger partial charge in [-0.05, 0) is 19.3 Å². The minimum atomic E-state index is -0.468. The second-order valence-corrected chi connectivity index (χ2v) is 5.31. The maximum atomic E-state index is 11.5. The maximum absolute atomic E-state index is 11.5. The topological polar surface area (TPSA) is 78.1 Å². The fraction of sp³-hybridized carbons (Fsp3) is 0.583. The lowest BCUT2D eigenvalue weighted by molar-refractivity contribution is 0.0526. The number of nitrogens with zero attached hydrogens (tertiary/aromatic N) is 2. The molecule has 0 radical (unpaired) electrons. The second kappa shape index (κ2) is 6.04. The zero-order valence-corrected chi connectivity index (χ0v) is 11.2. The number of rotatable bonds is 6. The zero-order valence-electron chi connectivity index (χ0n) is 10.4. The summed E-state index contributed by atoms with van der Waals surface area (Å²) in [5, 5.41) is 0.626. The van der Waals surface area contributed by atoms with Gasteiger partial charge < -0.3 is 10.5 Å². The minimum absolute atomic E-state index is 0.192. The molecule has 1 aliphatic rings. The molecule has 6 heteroatoms. The van der Waals surface area contributed by atoms with E-state index in [1.165, 1.54) is 25.5 Å². The molecule has 0 amide bonds. The summed E-state index contributed by atoms with van der Waals surface area (Å²) in [6.45, 7) is 2.06. The summed E-state index contributed by atoms with van der Waals surface area (Å²) in [7, 11) is 0. The third-order valence-corrected chi connectivity index (χ3v) is 3.64. The standard InChI is InChI=1S/C12H17N3O2S/c1-2-17-11(16)9-7-14-12(15-10(9)13)18-6-5-8-3-4-8/h7-8H,2-6H2,1H3,(H2,13,14,15). The fourth-order valence-corrected chi connectivity index (χ4v) is 2.46. The van der Waals surface area contributed by atoms with E-state index < -0.39 is 5.97 Å². The lowest BCUT2D eigenvalue weighted by Gasteiger charge is -2.05. The van der Waals surface area contributed by atoms with Gasteiger partial charge in [-0.25, -0.2) is 14.8 Å². The quantitative estimate of drug-likeness (QED) is 0.483. The molecule has 5 nitrogen and oxygen atoms in total. The van der Waals surface area contributed by atoms with Crippen LogP contribution in [0, 0.1) is 5.92 Å². The summed E-state index contributed by atoms with van der Waals surface area (Å²) in [6, 6.07) is 0. The van der Waals surface area contributed by atoms with Crippen LogP contribution in [0.25, 0.3) is 0 Å². The highest BCUT2D eigenvalue weighted by Gasteiger charge is 2.20. The molecule has 0 aliphatic heterocycles. The molecule has 0 aromatic carbocycles. The molecule has 0 bridgehead atoms. The van der Waals surface area contributed by atoms with Gasteiger partial charge in [-0.15, -0.1) is 0 Å². The van der Waals surface area contributed by atoms with E-state index in [1.807, 2.05) is 0 Å². The van der Waals surface area contributed by atoms with E-state index in [-0.39, 0.29) is 11.4 Å². The summed E-state index contributed by atoms with van der Waals surface area (Å²) >= 11 is 1.58. The third-order valence-electron chi connectivity index (χ3n) is 2.75. The molecule has 0 unspecified atom stereocenters. The Kier molecular flexibility index (Phi) is 4.41. The number of aromatic nitrogens is 2. The van der Waals surface area contributed by atoms with Gasteiger partial charge in [-0.1, -0.05) is 24.6 Å². The first kappa shape index (κ1) is 13.1. The molecule has 0 spiro atoms. The Labute approximate surface area is 111 Å². The first-order valence-corrected chi connectivity index (χ1v) is 7.11. The van der Waals surface area contributed by atoms with E-state index in [2.05, 4.69) is 9.97 Å². The van der Waals surface area contributed by atoms with Crippen molar-refractivity contribution in [2.45, 2.75) is 31.3 Å². The van der Waals surface area contributed by atoms with Crippen molar-refractivity contribution >= 4 is 23.5 Å². The Morgan fingerprint density at radius 3 is 3.00 bits per heavy atom. The fourth-order valence-electron chi connectivity index (χ4n) is 1.54. The number of ether oxygens (including phenoxy) is 1. The van der Waals surface area contributed by atoms with Gasteiger partial charge in [0.2, 0.25) is 0 Å². The SMILES string of the molecule is CCOC(=O)c1cnc(SCCC2CC2)nc1N. The lowest BCUT2D eigenvalue weighted by atomic mass is 10.3. The van der Waals surface area contributed by atoms with Gasteiger partial charge in [0.25, 0.3) is 0 Å². The highest BCUT2D eigenvalue weighted by Crippen LogP contribution is 2.34. The molecule has 1 aromatic heterocycles. The maximum Gasteiger partial charge on any atom is 0.343 e. The lowest BCUT2D eigenvalue weighted by Crippen LogP contribution is -2.10. The van der Waals surface area contributed by atoms with Crippen LogP contribution in [0.4, 0.5) is 5.82 Å². The van der Waals surface area contributed by atoms with Crippen LogP contribution in [-0.2, 0) is 4.74 Å². The van der Waals surface area contributed by atoms with Crippen LogP contribution in [0.1, 0.15) is 36.5 Å². The minimum Gasteiger partial charge on any atom is -0.462 e. The Morgan fingerprint density at radius 2 is 2.39 bits per heavy atom. The Balaban J connectivity index is 1.92. The normalized spacial score (nSPS) is 14.5. The number of esters is 1. The van der Waals surface area contributed by atoms with Crippen LogP contribution < -0.4 is 5.73 Å². The van der Waals surface area contributed by atoms with Gasteiger partial charge in [-0.2, -0.15) is 0 Å². The van der Waals surface area contributed by atoms with Crippen molar-refractivity contribution in [2.75, 3.05) is 18.1 Å². The van der Waals surface area contributed by atoms with Crippen LogP contribution in [0.2, 0.25) is 0 Å². The number of hydrogen-bond donors (Lipinski definition) is 1. The molecule has 1 aromatic rings. The van der Waals surface area contributed by atoms with Gasteiger partial charge in [0.05, 0.1) is 6.61 Å². The van der Waals surface area contributed by atoms with Crippen molar-refractivity contribution in [3.63, 3.8) is 0 Å². The molecule has 0 atom stereocenters. The number of nitrogen functional groups attached to an aromatic ring is 1. The van der Waals surface area contributed by atoms with E-state index >= 15 is 0 Å². The van der Waals surface area contributed by atoms with Crippen molar-refractivity contribution in [2.24, 2.45) is 5.92 Å². The van der Waals surface area contributed by atoms with Gasteiger partial charge in [0.15, 0.2) is 5.16 Å². The Hall–Kier alpha value is -1.30. The molecule has 18 heavy (non-hydrogen) atoms. The molecular formula is C12H17N3O2S. The number of thioether (sulfide) groups is 1. The predicted molar refractivity (Wildman–Crippen MR) is 70.5 cm³/mol. The molecule has 98 valence electrons. The first-order valence-electron chi connectivity index (χ1n) is 6.13. The van der Waals surface area contributed by atoms with Gasteiger partial charge in [-0.3, -0.25) is 0 Å². The van der Waals surface area contributed by atoms with Crippen LogP contribution in [0.15, 0.2) is 11.4 Å². The molecule has 1 fully saturated rings. The van der Waals surface area contributed by atoms with E-state index in [0.717, 1.165) is 11.7 Å². The molecule has 1 saturated carbocycles. The molecule has 2 N–H and O–H groups in total. The summed E-state index contributed by atoms with van der Waals surface area (Å²) in [5.74, 6) is 1.62. The van der Waals surface area contributed by atoms with E-state index in [4.69, 9.17) is 10.5 Å². The van der Waals surface area contributed by atoms with Crippen molar-refractivity contribution in [3.05, 3.63) is 11.8 Å². The molecular weight excluding hydrogens is 250 g/mol. The third kappa shape index (κ3) is 3.60. The highest BCUT2D eigenvalue weighted by molar-refractivity contribution is 7.99. The van der Waals surface area contributed by atoms with E-state index in [1.54, 1.807) is 18.7 Å².